The number of piperidine rings is 1. The smallest absolute Gasteiger partial charge is 0.339 e. The monoisotopic (exact) mass is 534 g/mol. The number of alkyl halides is 3. The van der Waals surface area contributed by atoms with Gasteiger partial charge in [0.25, 0.3) is 11.8 Å². The Labute approximate surface area is 185 Å². The van der Waals surface area contributed by atoms with Crippen LogP contribution in [0.1, 0.15) is 39.1 Å². The Balaban J connectivity index is 1.70. The van der Waals surface area contributed by atoms with Gasteiger partial charge in [0, 0.05) is 29.7 Å². The molecule has 0 atom stereocenters. The zero-order chi connectivity index (χ0) is 22.1. The molecule has 0 bridgehead atoms. The average molecular weight is 534 g/mol. The van der Waals surface area contributed by atoms with Crippen molar-refractivity contribution in [2.75, 3.05) is 20.1 Å². The molecule has 30 heavy (non-hydrogen) atoms. The standard InChI is InChI=1S/C21H19F4IN2O2/c1-27(19(29)15-7-6-13(22)12-17(15)21(23,24)25)14-8-10-28(11-9-14)20(30)16-4-2-3-5-18(16)26/h2-7,12,14H,8-11H2,1H3. The van der Waals surface area contributed by atoms with E-state index in [1.807, 2.05) is 12.1 Å². The van der Waals surface area contributed by atoms with Crippen LogP contribution in [-0.4, -0.2) is 47.8 Å². The highest BCUT2D eigenvalue weighted by atomic mass is 127. The van der Waals surface area contributed by atoms with Crippen LogP contribution >= 0.6 is 22.6 Å². The van der Waals surface area contributed by atoms with E-state index in [1.165, 1.54) is 11.9 Å². The van der Waals surface area contributed by atoms with Crippen molar-refractivity contribution in [3.8, 4) is 0 Å². The molecule has 0 aliphatic carbocycles. The van der Waals surface area contributed by atoms with Crippen molar-refractivity contribution in [2.45, 2.75) is 25.1 Å². The van der Waals surface area contributed by atoms with Gasteiger partial charge in [-0.15, -0.1) is 0 Å². The SMILES string of the molecule is CN(C(=O)c1ccc(F)cc1C(F)(F)F)C1CCN(C(=O)c2ccccc2I)CC1. The average Bonchev–Trinajstić information content (AvgIpc) is 2.72. The van der Waals surface area contributed by atoms with E-state index in [1.54, 1.807) is 17.0 Å². The summed E-state index contributed by atoms with van der Waals surface area (Å²) in [4.78, 5) is 28.4. The second-order valence-electron chi connectivity index (χ2n) is 7.11. The molecule has 2 aromatic rings. The van der Waals surface area contributed by atoms with Crippen LogP contribution in [0.3, 0.4) is 0 Å². The van der Waals surface area contributed by atoms with Crippen molar-refractivity contribution in [1.82, 2.24) is 9.80 Å². The van der Waals surface area contributed by atoms with Gasteiger partial charge in [-0.3, -0.25) is 9.59 Å². The largest absolute Gasteiger partial charge is 0.417 e. The Morgan fingerprint density at radius 1 is 1.07 bits per heavy atom. The number of nitrogens with zero attached hydrogens (tertiary/aromatic N) is 2. The van der Waals surface area contributed by atoms with Crippen LogP contribution in [0.15, 0.2) is 42.5 Å². The van der Waals surface area contributed by atoms with Crippen LogP contribution in [-0.2, 0) is 6.18 Å². The van der Waals surface area contributed by atoms with Gasteiger partial charge in [0.05, 0.1) is 16.7 Å². The maximum Gasteiger partial charge on any atom is 0.417 e. The summed E-state index contributed by atoms with van der Waals surface area (Å²) < 4.78 is 53.9. The summed E-state index contributed by atoms with van der Waals surface area (Å²) >= 11 is 2.09. The summed E-state index contributed by atoms with van der Waals surface area (Å²) in [6, 6.07) is 8.96. The highest BCUT2D eigenvalue weighted by molar-refractivity contribution is 14.1. The molecule has 1 saturated heterocycles. The van der Waals surface area contributed by atoms with Gasteiger partial charge in [0.15, 0.2) is 0 Å². The molecule has 0 radical (unpaired) electrons. The van der Waals surface area contributed by atoms with Gasteiger partial charge in [-0.2, -0.15) is 13.2 Å². The minimum Gasteiger partial charge on any atom is -0.339 e. The van der Waals surface area contributed by atoms with Crippen LogP contribution < -0.4 is 0 Å². The molecular weight excluding hydrogens is 515 g/mol. The van der Waals surface area contributed by atoms with E-state index >= 15 is 0 Å². The molecule has 0 spiro atoms. The van der Waals surface area contributed by atoms with Gasteiger partial charge >= 0.3 is 6.18 Å². The predicted molar refractivity (Wildman–Crippen MR) is 112 cm³/mol. The van der Waals surface area contributed by atoms with Crippen molar-refractivity contribution < 1.29 is 27.2 Å². The quantitative estimate of drug-likeness (QED) is 0.419. The van der Waals surface area contributed by atoms with Crippen LogP contribution in [0.2, 0.25) is 0 Å². The Morgan fingerprint density at radius 3 is 2.30 bits per heavy atom. The topological polar surface area (TPSA) is 40.6 Å². The molecule has 1 fully saturated rings. The first-order valence-electron chi connectivity index (χ1n) is 9.27. The van der Waals surface area contributed by atoms with Crippen molar-refractivity contribution in [2.24, 2.45) is 0 Å². The lowest BCUT2D eigenvalue weighted by Gasteiger charge is -2.37. The first-order valence-corrected chi connectivity index (χ1v) is 10.3. The Hall–Kier alpha value is -2.17. The van der Waals surface area contributed by atoms with Crippen LogP contribution in [0.5, 0.6) is 0 Å². The number of carbonyl (C=O) groups excluding carboxylic acids is 2. The normalized spacial score (nSPS) is 15.2. The zero-order valence-electron chi connectivity index (χ0n) is 16.0. The Morgan fingerprint density at radius 2 is 1.70 bits per heavy atom. The molecule has 1 aliphatic heterocycles. The molecule has 2 aromatic carbocycles. The summed E-state index contributed by atoms with van der Waals surface area (Å²) in [6.07, 6.45) is -3.95. The summed E-state index contributed by atoms with van der Waals surface area (Å²) in [7, 11) is 1.44. The molecule has 4 nitrogen and oxygen atoms in total. The molecule has 0 N–H and O–H groups in total. The second kappa shape index (κ2) is 8.91. The highest BCUT2D eigenvalue weighted by Gasteiger charge is 2.37. The Kier molecular flexibility index (Phi) is 6.68. The van der Waals surface area contributed by atoms with Gasteiger partial charge in [-0.1, -0.05) is 12.1 Å². The minimum absolute atomic E-state index is 0.106. The number of likely N-dealkylation sites (tertiary alicyclic amines) is 1. The van der Waals surface area contributed by atoms with Gasteiger partial charge in [-0.05, 0) is 65.8 Å². The fraction of sp³-hybridized carbons (Fsp3) is 0.333. The fourth-order valence-corrected chi connectivity index (χ4v) is 4.17. The molecule has 1 aliphatic rings. The summed E-state index contributed by atoms with van der Waals surface area (Å²) in [5.74, 6) is -1.97. The van der Waals surface area contributed by atoms with E-state index in [0.29, 0.717) is 37.6 Å². The maximum absolute atomic E-state index is 13.3. The lowest BCUT2D eigenvalue weighted by atomic mass is 10.00. The molecule has 2 amide bonds. The molecule has 1 heterocycles. The van der Waals surface area contributed by atoms with Crippen molar-refractivity contribution in [1.29, 1.82) is 0 Å². The van der Waals surface area contributed by atoms with Gasteiger partial charge in [0.1, 0.15) is 5.82 Å². The number of hydrogen-bond acceptors (Lipinski definition) is 2. The molecule has 0 saturated carbocycles. The summed E-state index contributed by atoms with van der Waals surface area (Å²) in [6.45, 7) is 0.781. The van der Waals surface area contributed by atoms with Crippen LogP contribution in [0, 0.1) is 9.39 Å². The third kappa shape index (κ3) is 4.76. The third-order valence-corrected chi connectivity index (χ3v) is 6.18. The van der Waals surface area contributed by atoms with Gasteiger partial charge in [0.2, 0.25) is 0 Å². The first kappa shape index (κ1) is 22.5. The number of rotatable bonds is 3. The number of benzene rings is 2. The van der Waals surface area contributed by atoms with Gasteiger partial charge < -0.3 is 9.80 Å². The number of hydrogen-bond donors (Lipinski definition) is 0. The van der Waals surface area contributed by atoms with Crippen LogP contribution in [0.4, 0.5) is 17.6 Å². The molecule has 160 valence electrons. The van der Waals surface area contributed by atoms with E-state index in [-0.39, 0.29) is 11.9 Å². The molecule has 0 aromatic heterocycles. The molecule has 9 heteroatoms. The summed E-state index contributed by atoms with van der Waals surface area (Å²) in [5, 5.41) is 0. The van der Waals surface area contributed by atoms with Crippen molar-refractivity contribution >= 4 is 34.4 Å². The first-order chi connectivity index (χ1) is 14.1. The van der Waals surface area contributed by atoms with Crippen molar-refractivity contribution in [3.63, 3.8) is 0 Å². The number of carbonyl (C=O) groups is 2. The Bertz CT molecular complexity index is 956. The molecule has 3 rings (SSSR count). The lowest BCUT2D eigenvalue weighted by molar-refractivity contribution is -0.138. The maximum atomic E-state index is 13.3. The molecule has 0 unspecified atom stereocenters. The highest BCUT2D eigenvalue weighted by Crippen LogP contribution is 2.33. The predicted octanol–water partition coefficient (Wildman–Crippen LogP) is 4.83. The zero-order valence-corrected chi connectivity index (χ0v) is 18.2. The van der Waals surface area contributed by atoms with E-state index in [2.05, 4.69) is 22.6 Å². The molecular formula is C21H19F4IN2O2. The van der Waals surface area contributed by atoms with E-state index in [4.69, 9.17) is 0 Å². The number of halogens is 5. The van der Waals surface area contributed by atoms with E-state index in [9.17, 15) is 27.2 Å². The van der Waals surface area contributed by atoms with E-state index in [0.717, 1.165) is 15.7 Å². The lowest BCUT2D eigenvalue weighted by Crippen LogP contribution is -2.47. The van der Waals surface area contributed by atoms with Crippen LogP contribution in [0.25, 0.3) is 0 Å². The van der Waals surface area contributed by atoms with Crippen molar-refractivity contribution in [3.05, 3.63) is 68.5 Å². The van der Waals surface area contributed by atoms with Gasteiger partial charge in [-0.25, -0.2) is 4.39 Å². The number of amides is 2. The summed E-state index contributed by atoms with van der Waals surface area (Å²) in [5.41, 5.74) is -1.27. The minimum atomic E-state index is -4.84. The fourth-order valence-electron chi connectivity index (χ4n) is 3.55. The third-order valence-electron chi connectivity index (χ3n) is 5.24. The van der Waals surface area contributed by atoms with E-state index < -0.39 is 29.0 Å². The second-order valence-corrected chi connectivity index (χ2v) is 8.27.